The van der Waals surface area contributed by atoms with Crippen molar-refractivity contribution in [3.63, 3.8) is 0 Å². The van der Waals surface area contributed by atoms with Crippen LogP contribution in [0.15, 0.2) is 55.0 Å². The monoisotopic (exact) mass is 395 g/mol. The van der Waals surface area contributed by atoms with Crippen molar-refractivity contribution >= 4 is 5.91 Å². The molecule has 0 N–H and O–H groups in total. The number of benzene rings is 2. The number of likely N-dealkylation sites (tertiary alicyclic amines) is 1. The van der Waals surface area contributed by atoms with Gasteiger partial charge < -0.3 is 4.90 Å². The van der Waals surface area contributed by atoms with Gasteiger partial charge in [-0.25, -0.2) is 13.8 Å². The summed E-state index contributed by atoms with van der Waals surface area (Å²) in [5.74, 6) is -1.74. The van der Waals surface area contributed by atoms with E-state index in [1.54, 1.807) is 23.2 Å². The van der Waals surface area contributed by atoms with Crippen molar-refractivity contribution in [2.24, 2.45) is 0 Å². The lowest BCUT2D eigenvalue weighted by molar-refractivity contribution is 0.0734. The molecule has 6 heteroatoms. The Balaban J connectivity index is 1.57. The normalized spacial score (nSPS) is 15.0. The molecule has 1 fully saturated rings. The first-order chi connectivity index (χ1) is 14.1. The molecule has 0 spiro atoms. The molecule has 4 rings (SSSR count). The number of hydrogen-bond acceptors (Lipinski definition) is 2. The van der Waals surface area contributed by atoms with Gasteiger partial charge in [-0.2, -0.15) is 0 Å². The molecule has 29 heavy (non-hydrogen) atoms. The Morgan fingerprint density at radius 2 is 1.48 bits per heavy atom. The lowest BCUT2D eigenvalue weighted by Crippen LogP contribution is -2.34. The number of nitrogens with zero attached hydrogens (tertiary/aromatic N) is 3. The highest BCUT2D eigenvalue weighted by molar-refractivity contribution is 5.93. The third-order valence-corrected chi connectivity index (χ3v) is 5.40. The summed E-state index contributed by atoms with van der Waals surface area (Å²) in [6.07, 6.45) is 8.85. The molecule has 0 aliphatic carbocycles. The van der Waals surface area contributed by atoms with Crippen LogP contribution in [0.3, 0.4) is 0 Å². The van der Waals surface area contributed by atoms with Gasteiger partial charge in [0.05, 0.1) is 12.5 Å². The Labute approximate surface area is 168 Å². The van der Waals surface area contributed by atoms with Crippen molar-refractivity contribution in [3.8, 4) is 16.8 Å². The number of halogens is 2. The Morgan fingerprint density at radius 3 is 2.17 bits per heavy atom. The number of carbonyl (C=O) groups excluding carboxylic acids is 1. The van der Waals surface area contributed by atoms with Crippen molar-refractivity contribution in [3.05, 3.63) is 72.3 Å². The van der Waals surface area contributed by atoms with Crippen LogP contribution in [0.4, 0.5) is 8.78 Å². The number of rotatable bonds is 3. The second-order valence-electron chi connectivity index (χ2n) is 7.38. The highest BCUT2D eigenvalue weighted by atomic mass is 19.2. The summed E-state index contributed by atoms with van der Waals surface area (Å²) < 4.78 is 28.4. The van der Waals surface area contributed by atoms with Crippen LogP contribution in [0.25, 0.3) is 16.8 Å². The highest BCUT2D eigenvalue weighted by Gasteiger charge is 2.20. The van der Waals surface area contributed by atoms with E-state index in [0.717, 1.165) is 56.1 Å². The Morgan fingerprint density at radius 1 is 0.828 bits per heavy atom. The summed E-state index contributed by atoms with van der Waals surface area (Å²) in [6, 6.07) is 11.2. The second kappa shape index (κ2) is 8.55. The molecule has 3 aromatic rings. The van der Waals surface area contributed by atoms with Gasteiger partial charge in [0.15, 0.2) is 11.6 Å². The van der Waals surface area contributed by atoms with E-state index >= 15 is 0 Å². The van der Waals surface area contributed by atoms with Gasteiger partial charge in [-0.1, -0.05) is 37.5 Å². The molecule has 1 aliphatic heterocycles. The maximum atomic E-state index is 13.5. The SMILES string of the molecule is O=C(c1cncn1-c1ccc(-c2ccc(F)c(F)c2)cc1)N1CCCCCCC1. The zero-order chi connectivity index (χ0) is 20.2. The molecule has 2 heterocycles. The molecule has 1 aliphatic rings. The van der Waals surface area contributed by atoms with Crippen molar-refractivity contribution in [1.82, 2.24) is 14.5 Å². The summed E-state index contributed by atoms with van der Waals surface area (Å²) in [5.41, 5.74) is 2.69. The predicted octanol–water partition coefficient (Wildman–Crippen LogP) is 5.22. The van der Waals surface area contributed by atoms with Crippen molar-refractivity contribution < 1.29 is 13.6 Å². The standard InChI is InChI=1S/C23H23F2N3O/c24-20-11-8-18(14-21(20)25)17-6-9-19(10-7-17)28-16-26-15-22(28)23(29)27-12-4-2-1-3-5-13-27/h6-11,14-16H,1-5,12-13H2. The van der Waals surface area contributed by atoms with Gasteiger partial charge in [0.25, 0.3) is 5.91 Å². The highest BCUT2D eigenvalue weighted by Crippen LogP contribution is 2.24. The molecule has 4 nitrogen and oxygen atoms in total. The van der Waals surface area contributed by atoms with Gasteiger partial charge in [-0.05, 0) is 48.2 Å². The smallest absolute Gasteiger partial charge is 0.272 e. The minimum atomic E-state index is -0.873. The topological polar surface area (TPSA) is 38.1 Å². The van der Waals surface area contributed by atoms with Crippen LogP contribution in [0.5, 0.6) is 0 Å². The molecule has 0 bridgehead atoms. The van der Waals surface area contributed by atoms with Gasteiger partial charge in [0.1, 0.15) is 5.69 Å². The minimum Gasteiger partial charge on any atom is -0.337 e. The number of aromatic nitrogens is 2. The number of carbonyl (C=O) groups is 1. The maximum absolute atomic E-state index is 13.5. The van der Waals surface area contributed by atoms with Crippen LogP contribution < -0.4 is 0 Å². The van der Waals surface area contributed by atoms with Crippen LogP contribution in [0.1, 0.15) is 42.6 Å². The summed E-state index contributed by atoms with van der Waals surface area (Å²) in [6.45, 7) is 1.55. The average Bonchev–Trinajstić information content (AvgIpc) is 3.19. The van der Waals surface area contributed by atoms with E-state index in [0.29, 0.717) is 11.3 Å². The first kappa shape index (κ1) is 19.3. The Hall–Kier alpha value is -3.02. The van der Waals surface area contributed by atoms with Crippen LogP contribution in [0.2, 0.25) is 0 Å². The van der Waals surface area contributed by atoms with Crippen molar-refractivity contribution in [2.45, 2.75) is 32.1 Å². The molecular formula is C23H23F2N3O. The fraction of sp³-hybridized carbons (Fsp3) is 0.304. The summed E-state index contributed by atoms with van der Waals surface area (Å²) in [5, 5.41) is 0. The van der Waals surface area contributed by atoms with Gasteiger partial charge in [-0.15, -0.1) is 0 Å². The van der Waals surface area contributed by atoms with Crippen LogP contribution in [0, 0.1) is 11.6 Å². The maximum Gasteiger partial charge on any atom is 0.272 e. The molecule has 2 aromatic carbocycles. The number of amides is 1. The molecule has 1 aromatic heterocycles. The fourth-order valence-corrected chi connectivity index (χ4v) is 3.76. The van der Waals surface area contributed by atoms with Gasteiger partial charge in [-0.3, -0.25) is 9.36 Å². The number of imidazole rings is 1. The van der Waals surface area contributed by atoms with Crippen LogP contribution in [-0.4, -0.2) is 33.4 Å². The quantitative estimate of drug-likeness (QED) is 0.610. The summed E-state index contributed by atoms with van der Waals surface area (Å²) in [7, 11) is 0. The van der Waals surface area contributed by atoms with E-state index in [4.69, 9.17) is 0 Å². The molecular weight excluding hydrogens is 372 g/mol. The van der Waals surface area contributed by atoms with Gasteiger partial charge >= 0.3 is 0 Å². The van der Waals surface area contributed by atoms with E-state index in [9.17, 15) is 13.6 Å². The van der Waals surface area contributed by atoms with E-state index < -0.39 is 11.6 Å². The lowest BCUT2D eigenvalue weighted by atomic mass is 10.1. The molecule has 0 radical (unpaired) electrons. The van der Waals surface area contributed by atoms with Crippen LogP contribution >= 0.6 is 0 Å². The minimum absolute atomic E-state index is 0.00548. The fourth-order valence-electron chi connectivity index (χ4n) is 3.76. The predicted molar refractivity (Wildman–Crippen MR) is 108 cm³/mol. The lowest BCUT2D eigenvalue weighted by Gasteiger charge is -2.25. The first-order valence-electron chi connectivity index (χ1n) is 10.0. The van der Waals surface area contributed by atoms with Crippen molar-refractivity contribution in [1.29, 1.82) is 0 Å². The molecule has 0 saturated carbocycles. The Bertz CT molecular complexity index is 990. The van der Waals surface area contributed by atoms with E-state index in [-0.39, 0.29) is 5.91 Å². The Kier molecular flexibility index (Phi) is 5.69. The van der Waals surface area contributed by atoms with Gasteiger partial charge in [0, 0.05) is 18.8 Å². The van der Waals surface area contributed by atoms with Crippen LogP contribution in [-0.2, 0) is 0 Å². The second-order valence-corrected chi connectivity index (χ2v) is 7.38. The van der Waals surface area contributed by atoms with Crippen molar-refractivity contribution in [2.75, 3.05) is 13.1 Å². The molecule has 0 unspecified atom stereocenters. The van der Waals surface area contributed by atoms with E-state index in [1.165, 1.54) is 12.5 Å². The largest absolute Gasteiger partial charge is 0.337 e. The van der Waals surface area contributed by atoms with E-state index in [1.807, 2.05) is 29.2 Å². The van der Waals surface area contributed by atoms with E-state index in [2.05, 4.69) is 4.98 Å². The third-order valence-electron chi connectivity index (χ3n) is 5.40. The third kappa shape index (κ3) is 4.21. The average molecular weight is 395 g/mol. The molecule has 1 saturated heterocycles. The summed E-state index contributed by atoms with van der Waals surface area (Å²) in [4.78, 5) is 19.2. The zero-order valence-electron chi connectivity index (χ0n) is 16.2. The molecule has 1 amide bonds. The van der Waals surface area contributed by atoms with Gasteiger partial charge in [0.2, 0.25) is 0 Å². The zero-order valence-corrected chi connectivity index (χ0v) is 16.2. The summed E-state index contributed by atoms with van der Waals surface area (Å²) >= 11 is 0. The first-order valence-corrected chi connectivity index (χ1v) is 10.0. The molecule has 150 valence electrons. The molecule has 0 atom stereocenters. The number of hydrogen-bond donors (Lipinski definition) is 0.